The van der Waals surface area contributed by atoms with Crippen LogP contribution in [-0.4, -0.2) is 46.4 Å². The maximum atomic E-state index is 12.9. The minimum atomic E-state index is -0.370. The molecule has 1 saturated heterocycles. The van der Waals surface area contributed by atoms with Crippen LogP contribution < -0.4 is 10.2 Å². The zero-order chi connectivity index (χ0) is 16.2. The van der Waals surface area contributed by atoms with E-state index in [1.165, 1.54) is 46.5 Å². The first-order valence-electron chi connectivity index (χ1n) is 7.02. The smallest absolute Gasteiger partial charge is 0.313 e. The van der Waals surface area contributed by atoms with Gasteiger partial charge in [0.25, 0.3) is 0 Å². The van der Waals surface area contributed by atoms with E-state index in [9.17, 15) is 14.0 Å². The van der Waals surface area contributed by atoms with Gasteiger partial charge in [-0.15, -0.1) is 0 Å². The van der Waals surface area contributed by atoms with E-state index in [0.29, 0.717) is 18.8 Å². The number of amides is 3. The van der Waals surface area contributed by atoms with Crippen LogP contribution in [0.4, 0.5) is 20.8 Å². The van der Waals surface area contributed by atoms with Crippen molar-refractivity contribution in [3.05, 3.63) is 48.5 Å². The van der Waals surface area contributed by atoms with Crippen molar-refractivity contribution in [3.63, 3.8) is 0 Å². The number of aromatic nitrogens is 2. The maximum Gasteiger partial charge on any atom is 0.325 e. The molecule has 1 aromatic heterocycles. The van der Waals surface area contributed by atoms with Crippen LogP contribution in [0.15, 0.2) is 42.7 Å². The van der Waals surface area contributed by atoms with Gasteiger partial charge in [0.05, 0.1) is 0 Å². The van der Waals surface area contributed by atoms with Gasteiger partial charge in [-0.1, -0.05) is 0 Å². The number of anilines is 2. The summed E-state index contributed by atoms with van der Waals surface area (Å²) in [5.41, 5.74) is 0.603. The Kier molecular flexibility index (Phi) is 4.13. The molecule has 118 valence electrons. The lowest BCUT2D eigenvalue weighted by Gasteiger charge is -2.18. The molecule has 0 radical (unpaired) electrons. The van der Waals surface area contributed by atoms with Gasteiger partial charge in [-0.3, -0.25) is 15.0 Å². The van der Waals surface area contributed by atoms with Crippen LogP contribution in [-0.2, 0) is 4.79 Å². The van der Waals surface area contributed by atoms with Crippen molar-refractivity contribution >= 4 is 23.6 Å². The molecule has 3 rings (SSSR count). The first kappa shape index (κ1) is 14.9. The van der Waals surface area contributed by atoms with Crippen molar-refractivity contribution < 1.29 is 14.0 Å². The lowest BCUT2D eigenvalue weighted by Crippen LogP contribution is -2.37. The summed E-state index contributed by atoms with van der Waals surface area (Å²) in [4.78, 5) is 35.0. The van der Waals surface area contributed by atoms with Gasteiger partial charge >= 0.3 is 6.03 Å². The van der Waals surface area contributed by atoms with Crippen molar-refractivity contribution in [2.45, 2.75) is 0 Å². The molecule has 0 unspecified atom stereocenters. The van der Waals surface area contributed by atoms with Crippen molar-refractivity contribution in [2.24, 2.45) is 0 Å². The minimum absolute atomic E-state index is 0.0885. The van der Waals surface area contributed by atoms with E-state index >= 15 is 0 Å². The molecule has 1 N–H and O–H groups in total. The first-order valence-corrected chi connectivity index (χ1v) is 7.02. The summed E-state index contributed by atoms with van der Waals surface area (Å²) in [6.45, 7) is 0.771. The summed E-state index contributed by atoms with van der Waals surface area (Å²) in [6, 6.07) is 7.01. The van der Waals surface area contributed by atoms with Crippen molar-refractivity contribution in [1.82, 2.24) is 14.9 Å². The molecule has 1 fully saturated rings. The number of hydrogen-bond acceptors (Lipinski definition) is 4. The monoisotopic (exact) mass is 315 g/mol. The fourth-order valence-corrected chi connectivity index (χ4v) is 2.29. The predicted molar refractivity (Wildman–Crippen MR) is 81.4 cm³/mol. The van der Waals surface area contributed by atoms with Crippen molar-refractivity contribution in [3.8, 4) is 0 Å². The van der Waals surface area contributed by atoms with Crippen LogP contribution in [0.2, 0.25) is 0 Å². The largest absolute Gasteiger partial charge is 0.325 e. The first-order chi connectivity index (χ1) is 11.1. The molecule has 1 aliphatic heterocycles. The van der Waals surface area contributed by atoms with Crippen LogP contribution in [0.1, 0.15) is 0 Å². The lowest BCUT2D eigenvalue weighted by molar-refractivity contribution is -0.116. The van der Waals surface area contributed by atoms with Crippen LogP contribution in [0.3, 0.4) is 0 Å². The summed E-state index contributed by atoms with van der Waals surface area (Å²) in [6.07, 6.45) is 3.03. The standard InChI is InChI=1S/C15H14FN5O2/c16-11-2-4-12(5-3-11)21-9-8-20(15(21)23)10-13(22)19-14-17-6-1-7-18-14/h1-7H,8-10H2,(H,17,18,19,22). The number of nitrogens with one attached hydrogen (secondary N) is 1. The molecule has 0 atom stereocenters. The number of urea groups is 1. The van der Waals surface area contributed by atoms with Crippen molar-refractivity contribution in [2.75, 3.05) is 29.9 Å². The Hall–Kier alpha value is -3.03. The topological polar surface area (TPSA) is 78.4 Å². The second-order valence-corrected chi connectivity index (χ2v) is 4.95. The highest BCUT2D eigenvalue weighted by Crippen LogP contribution is 2.20. The Morgan fingerprint density at radius 3 is 2.57 bits per heavy atom. The lowest BCUT2D eigenvalue weighted by atomic mass is 10.3. The molecule has 2 heterocycles. The third-order valence-corrected chi connectivity index (χ3v) is 3.38. The number of benzene rings is 1. The summed E-state index contributed by atoms with van der Waals surface area (Å²) < 4.78 is 12.9. The van der Waals surface area contributed by atoms with E-state index in [1.54, 1.807) is 6.07 Å². The van der Waals surface area contributed by atoms with E-state index in [-0.39, 0.29) is 30.2 Å². The number of carbonyl (C=O) groups is 2. The van der Waals surface area contributed by atoms with Gasteiger partial charge in [0.2, 0.25) is 11.9 Å². The molecule has 8 heteroatoms. The Labute approximate surface area is 131 Å². The summed E-state index contributed by atoms with van der Waals surface area (Å²) >= 11 is 0. The van der Waals surface area contributed by atoms with E-state index in [1.807, 2.05) is 0 Å². The van der Waals surface area contributed by atoms with E-state index in [4.69, 9.17) is 0 Å². The minimum Gasteiger partial charge on any atom is -0.313 e. The third kappa shape index (κ3) is 3.42. The molecule has 0 spiro atoms. The van der Waals surface area contributed by atoms with Gasteiger partial charge in [0, 0.05) is 31.2 Å². The Morgan fingerprint density at radius 1 is 1.17 bits per heavy atom. The molecule has 0 saturated carbocycles. The molecular weight excluding hydrogens is 301 g/mol. The third-order valence-electron chi connectivity index (χ3n) is 3.38. The number of nitrogens with zero attached hydrogens (tertiary/aromatic N) is 4. The molecule has 2 aromatic rings. The highest BCUT2D eigenvalue weighted by molar-refractivity contribution is 5.98. The fraction of sp³-hybridized carbons (Fsp3) is 0.200. The number of hydrogen-bond donors (Lipinski definition) is 1. The quantitative estimate of drug-likeness (QED) is 0.927. The van der Waals surface area contributed by atoms with E-state index in [0.717, 1.165) is 0 Å². The molecule has 1 aliphatic rings. The Balaban J connectivity index is 1.61. The molecule has 1 aromatic carbocycles. The Morgan fingerprint density at radius 2 is 1.87 bits per heavy atom. The summed E-state index contributed by atoms with van der Waals surface area (Å²) in [7, 11) is 0. The van der Waals surface area contributed by atoms with Gasteiger partial charge in [0.1, 0.15) is 12.4 Å². The van der Waals surface area contributed by atoms with Crippen LogP contribution >= 0.6 is 0 Å². The molecule has 0 bridgehead atoms. The second-order valence-electron chi connectivity index (χ2n) is 4.95. The van der Waals surface area contributed by atoms with Gasteiger partial charge in [-0.2, -0.15) is 0 Å². The number of rotatable bonds is 4. The molecular formula is C15H14FN5O2. The van der Waals surface area contributed by atoms with Gasteiger partial charge in [-0.25, -0.2) is 19.2 Å². The highest BCUT2D eigenvalue weighted by Gasteiger charge is 2.30. The molecule has 7 nitrogen and oxygen atoms in total. The molecule has 0 aliphatic carbocycles. The zero-order valence-corrected chi connectivity index (χ0v) is 12.1. The Bertz CT molecular complexity index is 708. The fourth-order valence-electron chi connectivity index (χ4n) is 2.29. The average molecular weight is 315 g/mol. The normalized spacial score (nSPS) is 14.2. The van der Waals surface area contributed by atoms with Gasteiger partial charge < -0.3 is 4.90 Å². The SMILES string of the molecule is O=C(CN1CCN(c2ccc(F)cc2)C1=O)Nc1ncccn1. The van der Waals surface area contributed by atoms with Crippen LogP contribution in [0.25, 0.3) is 0 Å². The highest BCUT2D eigenvalue weighted by atomic mass is 19.1. The maximum absolute atomic E-state index is 12.9. The summed E-state index contributed by atoms with van der Waals surface area (Å²) in [5, 5.41) is 2.53. The van der Waals surface area contributed by atoms with Gasteiger partial charge in [-0.05, 0) is 30.3 Å². The number of halogens is 1. The van der Waals surface area contributed by atoms with Crippen LogP contribution in [0, 0.1) is 5.82 Å². The zero-order valence-electron chi connectivity index (χ0n) is 12.1. The molecule has 3 amide bonds. The molecule has 23 heavy (non-hydrogen) atoms. The summed E-state index contributed by atoms with van der Waals surface area (Å²) in [5.74, 6) is -0.537. The number of carbonyl (C=O) groups excluding carboxylic acids is 2. The predicted octanol–water partition coefficient (Wildman–Crippen LogP) is 1.50. The van der Waals surface area contributed by atoms with E-state index in [2.05, 4.69) is 15.3 Å². The second kappa shape index (κ2) is 6.39. The van der Waals surface area contributed by atoms with Gasteiger partial charge in [0.15, 0.2) is 0 Å². The van der Waals surface area contributed by atoms with Crippen LogP contribution in [0.5, 0.6) is 0 Å². The van der Waals surface area contributed by atoms with E-state index < -0.39 is 0 Å². The average Bonchev–Trinajstić information content (AvgIpc) is 2.90. The van der Waals surface area contributed by atoms with Crippen molar-refractivity contribution in [1.29, 1.82) is 0 Å².